The van der Waals surface area contributed by atoms with Crippen molar-refractivity contribution in [2.75, 3.05) is 6.54 Å². The molecule has 1 aromatic heterocycles. The first-order chi connectivity index (χ1) is 13.1. The van der Waals surface area contributed by atoms with E-state index in [1.165, 1.54) is 17.7 Å². The van der Waals surface area contributed by atoms with E-state index in [0.29, 0.717) is 25.3 Å². The third-order valence-corrected chi connectivity index (χ3v) is 4.75. The average Bonchev–Trinajstić information content (AvgIpc) is 3.11. The van der Waals surface area contributed by atoms with Gasteiger partial charge in [-0.2, -0.15) is 0 Å². The Morgan fingerprint density at radius 1 is 1.15 bits per heavy atom. The van der Waals surface area contributed by atoms with Gasteiger partial charge in [0.05, 0.1) is 12.2 Å². The number of hydrogen-bond donors (Lipinski definition) is 0. The fourth-order valence-electron chi connectivity index (χ4n) is 3.18. The largest absolute Gasteiger partial charge is 0.356 e. The van der Waals surface area contributed by atoms with Crippen LogP contribution in [0.3, 0.4) is 0 Å². The van der Waals surface area contributed by atoms with Crippen LogP contribution in [0.15, 0.2) is 59.1 Å². The number of rotatable bonds is 3. The van der Waals surface area contributed by atoms with Crippen LogP contribution in [0, 0.1) is 12.7 Å². The molecule has 0 aliphatic carbocycles. The summed E-state index contributed by atoms with van der Waals surface area (Å²) in [4.78, 5) is 14.4. The van der Waals surface area contributed by atoms with Gasteiger partial charge in [0.25, 0.3) is 0 Å². The van der Waals surface area contributed by atoms with Crippen LogP contribution in [-0.4, -0.2) is 22.5 Å². The molecule has 0 spiro atoms. The standard InChI is InChI=1S/C22H19FN2O2/c1-15-2-4-16(5-3-15)6-11-21(26)25-13-12-20-19(14-25)22(27-24-20)17-7-9-18(23)10-8-17/h2-11H,12-14H2,1H3/b11-6+. The summed E-state index contributed by atoms with van der Waals surface area (Å²) in [6.07, 6.45) is 4.07. The first kappa shape index (κ1) is 17.2. The fraction of sp³-hybridized carbons (Fsp3) is 0.182. The van der Waals surface area contributed by atoms with Crippen molar-refractivity contribution in [3.63, 3.8) is 0 Å². The van der Waals surface area contributed by atoms with Gasteiger partial charge in [-0.05, 0) is 42.8 Å². The van der Waals surface area contributed by atoms with Gasteiger partial charge >= 0.3 is 0 Å². The summed E-state index contributed by atoms with van der Waals surface area (Å²) in [5, 5.41) is 4.13. The predicted octanol–water partition coefficient (Wildman–Crippen LogP) is 4.39. The molecule has 0 N–H and O–H groups in total. The molecule has 0 saturated heterocycles. The number of amides is 1. The molecule has 4 rings (SSSR count). The summed E-state index contributed by atoms with van der Waals surface area (Å²) in [7, 11) is 0. The van der Waals surface area contributed by atoms with Crippen molar-refractivity contribution in [1.29, 1.82) is 0 Å². The second-order valence-electron chi connectivity index (χ2n) is 6.70. The van der Waals surface area contributed by atoms with Crippen molar-refractivity contribution in [2.24, 2.45) is 0 Å². The minimum Gasteiger partial charge on any atom is -0.356 e. The first-order valence-corrected chi connectivity index (χ1v) is 8.87. The molecule has 0 bridgehead atoms. The number of hydrogen-bond acceptors (Lipinski definition) is 3. The van der Waals surface area contributed by atoms with Crippen LogP contribution < -0.4 is 0 Å². The van der Waals surface area contributed by atoms with E-state index in [1.807, 2.05) is 37.3 Å². The molecule has 4 nitrogen and oxygen atoms in total. The summed E-state index contributed by atoms with van der Waals surface area (Å²) in [5.41, 5.74) is 4.69. The Labute approximate surface area is 156 Å². The zero-order valence-electron chi connectivity index (χ0n) is 15.0. The first-order valence-electron chi connectivity index (χ1n) is 8.87. The van der Waals surface area contributed by atoms with E-state index < -0.39 is 0 Å². The Bertz CT molecular complexity index is 988. The number of carbonyl (C=O) groups excluding carboxylic acids is 1. The molecular formula is C22H19FN2O2. The third kappa shape index (κ3) is 3.67. The minimum atomic E-state index is -0.301. The highest BCUT2D eigenvalue weighted by Crippen LogP contribution is 2.30. The van der Waals surface area contributed by atoms with E-state index in [9.17, 15) is 9.18 Å². The second kappa shape index (κ2) is 7.19. The van der Waals surface area contributed by atoms with Crippen LogP contribution in [0.2, 0.25) is 0 Å². The number of fused-ring (bicyclic) bond motifs is 1. The van der Waals surface area contributed by atoms with Gasteiger partial charge in [0.1, 0.15) is 5.82 Å². The van der Waals surface area contributed by atoms with Crippen LogP contribution in [0.1, 0.15) is 22.4 Å². The summed E-state index contributed by atoms with van der Waals surface area (Å²) < 4.78 is 18.7. The lowest BCUT2D eigenvalue weighted by Crippen LogP contribution is -2.34. The number of benzene rings is 2. The van der Waals surface area contributed by atoms with E-state index in [1.54, 1.807) is 23.1 Å². The number of nitrogens with zero attached hydrogens (tertiary/aromatic N) is 2. The fourth-order valence-corrected chi connectivity index (χ4v) is 3.18. The van der Waals surface area contributed by atoms with E-state index in [2.05, 4.69) is 5.16 Å². The van der Waals surface area contributed by atoms with Gasteiger partial charge in [-0.1, -0.05) is 35.0 Å². The molecule has 0 saturated carbocycles. The maximum absolute atomic E-state index is 13.2. The Hall–Kier alpha value is -3.21. The molecular weight excluding hydrogens is 343 g/mol. The normalized spacial score (nSPS) is 13.8. The van der Waals surface area contributed by atoms with E-state index in [-0.39, 0.29) is 11.7 Å². The Morgan fingerprint density at radius 3 is 2.63 bits per heavy atom. The highest BCUT2D eigenvalue weighted by molar-refractivity contribution is 5.92. The lowest BCUT2D eigenvalue weighted by Gasteiger charge is -2.25. The van der Waals surface area contributed by atoms with Gasteiger partial charge in [-0.25, -0.2) is 4.39 Å². The topological polar surface area (TPSA) is 46.3 Å². The van der Waals surface area contributed by atoms with Gasteiger partial charge in [0.15, 0.2) is 5.76 Å². The molecule has 0 fully saturated rings. The maximum Gasteiger partial charge on any atom is 0.246 e. The van der Waals surface area contributed by atoms with Gasteiger partial charge < -0.3 is 9.42 Å². The molecule has 2 heterocycles. The highest BCUT2D eigenvalue weighted by atomic mass is 19.1. The van der Waals surface area contributed by atoms with Gasteiger partial charge in [0.2, 0.25) is 5.91 Å². The summed E-state index contributed by atoms with van der Waals surface area (Å²) >= 11 is 0. The molecule has 2 aromatic carbocycles. The van der Waals surface area contributed by atoms with Crippen LogP contribution in [0.5, 0.6) is 0 Å². The quantitative estimate of drug-likeness (QED) is 0.649. The second-order valence-corrected chi connectivity index (χ2v) is 6.70. The lowest BCUT2D eigenvalue weighted by molar-refractivity contribution is -0.126. The molecule has 1 aliphatic rings. The van der Waals surface area contributed by atoms with Crippen molar-refractivity contribution >= 4 is 12.0 Å². The number of halogens is 1. The maximum atomic E-state index is 13.2. The molecule has 1 amide bonds. The molecule has 0 atom stereocenters. The summed E-state index contributed by atoms with van der Waals surface area (Å²) in [6, 6.07) is 14.1. The van der Waals surface area contributed by atoms with Crippen LogP contribution in [0.4, 0.5) is 4.39 Å². The third-order valence-electron chi connectivity index (χ3n) is 4.75. The molecule has 136 valence electrons. The lowest BCUT2D eigenvalue weighted by atomic mass is 10.0. The zero-order chi connectivity index (χ0) is 18.8. The molecule has 0 unspecified atom stereocenters. The number of carbonyl (C=O) groups is 1. The summed E-state index contributed by atoms with van der Waals surface area (Å²) in [5.74, 6) is 0.252. The summed E-state index contributed by atoms with van der Waals surface area (Å²) in [6.45, 7) is 3.06. The highest BCUT2D eigenvalue weighted by Gasteiger charge is 2.26. The van der Waals surface area contributed by atoms with Crippen molar-refractivity contribution in [2.45, 2.75) is 19.9 Å². The molecule has 3 aromatic rings. The van der Waals surface area contributed by atoms with Crippen LogP contribution >= 0.6 is 0 Å². The van der Waals surface area contributed by atoms with Gasteiger partial charge in [-0.3, -0.25) is 4.79 Å². The monoisotopic (exact) mass is 362 g/mol. The zero-order valence-corrected chi connectivity index (χ0v) is 15.0. The molecule has 0 radical (unpaired) electrons. The smallest absolute Gasteiger partial charge is 0.246 e. The van der Waals surface area contributed by atoms with Crippen LogP contribution in [0.25, 0.3) is 17.4 Å². The number of aryl methyl sites for hydroxylation is 1. The Balaban J connectivity index is 1.52. The van der Waals surface area contributed by atoms with E-state index in [0.717, 1.165) is 22.4 Å². The van der Waals surface area contributed by atoms with Gasteiger partial charge in [-0.15, -0.1) is 0 Å². The van der Waals surface area contributed by atoms with Gasteiger partial charge in [0, 0.05) is 30.2 Å². The average molecular weight is 362 g/mol. The minimum absolute atomic E-state index is 0.0486. The number of aromatic nitrogens is 1. The van der Waals surface area contributed by atoms with E-state index in [4.69, 9.17) is 4.52 Å². The van der Waals surface area contributed by atoms with Crippen molar-refractivity contribution < 1.29 is 13.7 Å². The Kier molecular flexibility index (Phi) is 4.59. The Morgan fingerprint density at radius 2 is 1.89 bits per heavy atom. The molecule has 1 aliphatic heterocycles. The predicted molar refractivity (Wildman–Crippen MR) is 101 cm³/mol. The molecule has 27 heavy (non-hydrogen) atoms. The van der Waals surface area contributed by atoms with Crippen LogP contribution in [-0.2, 0) is 17.8 Å². The van der Waals surface area contributed by atoms with Crippen molar-refractivity contribution in [1.82, 2.24) is 10.1 Å². The van der Waals surface area contributed by atoms with Crippen molar-refractivity contribution in [3.8, 4) is 11.3 Å². The van der Waals surface area contributed by atoms with Crippen molar-refractivity contribution in [3.05, 3.63) is 82.8 Å². The SMILES string of the molecule is Cc1ccc(/C=C/C(=O)N2CCc3noc(-c4ccc(F)cc4)c3C2)cc1. The molecule has 5 heteroatoms. The van der Waals surface area contributed by atoms with E-state index >= 15 is 0 Å².